The van der Waals surface area contributed by atoms with Crippen LogP contribution in [-0.4, -0.2) is 27.6 Å². The molecule has 20 heavy (non-hydrogen) atoms. The highest BCUT2D eigenvalue weighted by molar-refractivity contribution is 5.83. The highest BCUT2D eigenvalue weighted by Gasteiger charge is 2.25. The minimum atomic E-state index is -1.07. The molecule has 2 N–H and O–H groups in total. The number of carbonyl (C=O) groups excluding carboxylic acids is 1. The summed E-state index contributed by atoms with van der Waals surface area (Å²) in [5, 5.41) is 11.6. The van der Waals surface area contributed by atoms with E-state index in [0.717, 1.165) is 0 Å². The summed E-state index contributed by atoms with van der Waals surface area (Å²) in [5.74, 6) is -1.72. The van der Waals surface area contributed by atoms with E-state index in [-0.39, 0.29) is 18.0 Å². The van der Waals surface area contributed by atoms with Gasteiger partial charge in [0.05, 0.1) is 0 Å². The van der Waals surface area contributed by atoms with Crippen LogP contribution < -0.4 is 10.9 Å². The molecular weight excluding hydrogens is 260 g/mol. The van der Waals surface area contributed by atoms with E-state index in [1.54, 1.807) is 26.0 Å². The van der Waals surface area contributed by atoms with Gasteiger partial charge in [-0.3, -0.25) is 9.59 Å². The third-order valence-electron chi connectivity index (χ3n) is 3.32. The number of aromatic nitrogens is 1. The SMILES string of the molecule is CCC(C)C(NC(=O)Cn1cccc(C)c1=O)C(=O)O. The first-order valence-electron chi connectivity index (χ1n) is 6.55. The first kappa shape index (κ1) is 15.9. The van der Waals surface area contributed by atoms with Crippen LogP contribution in [-0.2, 0) is 16.1 Å². The molecule has 1 aromatic rings. The summed E-state index contributed by atoms with van der Waals surface area (Å²) in [7, 11) is 0. The predicted molar refractivity (Wildman–Crippen MR) is 74.5 cm³/mol. The maximum atomic E-state index is 11.9. The van der Waals surface area contributed by atoms with Crippen LogP contribution >= 0.6 is 0 Å². The van der Waals surface area contributed by atoms with E-state index in [0.29, 0.717) is 12.0 Å². The van der Waals surface area contributed by atoms with Crippen molar-refractivity contribution in [2.75, 3.05) is 0 Å². The van der Waals surface area contributed by atoms with Crippen molar-refractivity contribution in [3.63, 3.8) is 0 Å². The van der Waals surface area contributed by atoms with Gasteiger partial charge in [0.25, 0.3) is 5.56 Å². The smallest absolute Gasteiger partial charge is 0.326 e. The van der Waals surface area contributed by atoms with Gasteiger partial charge in [0.15, 0.2) is 0 Å². The van der Waals surface area contributed by atoms with Crippen molar-refractivity contribution >= 4 is 11.9 Å². The van der Waals surface area contributed by atoms with E-state index in [4.69, 9.17) is 5.11 Å². The van der Waals surface area contributed by atoms with Gasteiger partial charge in [0, 0.05) is 11.8 Å². The largest absolute Gasteiger partial charge is 0.480 e. The molecule has 0 saturated heterocycles. The predicted octanol–water partition coefficient (Wildman–Crippen LogP) is 0.772. The van der Waals surface area contributed by atoms with Crippen molar-refractivity contribution in [1.29, 1.82) is 0 Å². The second-order valence-corrected chi connectivity index (χ2v) is 4.89. The quantitative estimate of drug-likeness (QED) is 0.805. The van der Waals surface area contributed by atoms with Crippen molar-refractivity contribution in [1.82, 2.24) is 9.88 Å². The summed E-state index contributed by atoms with van der Waals surface area (Å²) >= 11 is 0. The summed E-state index contributed by atoms with van der Waals surface area (Å²) < 4.78 is 1.26. The van der Waals surface area contributed by atoms with E-state index >= 15 is 0 Å². The molecule has 0 bridgehead atoms. The lowest BCUT2D eigenvalue weighted by Gasteiger charge is -2.20. The molecule has 0 aromatic carbocycles. The highest BCUT2D eigenvalue weighted by Crippen LogP contribution is 2.07. The Kier molecular flexibility index (Phi) is 5.49. The van der Waals surface area contributed by atoms with Gasteiger partial charge in [0.2, 0.25) is 5.91 Å². The molecule has 2 unspecified atom stereocenters. The number of rotatable bonds is 6. The molecule has 0 radical (unpaired) electrons. The minimum Gasteiger partial charge on any atom is -0.480 e. The molecule has 0 spiro atoms. The topological polar surface area (TPSA) is 88.4 Å². The normalized spacial score (nSPS) is 13.6. The lowest BCUT2D eigenvalue weighted by molar-refractivity contribution is -0.143. The number of nitrogens with one attached hydrogen (secondary N) is 1. The van der Waals surface area contributed by atoms with Gasteiger partial charge in [-0.15, -0.1) is 0 Å². The van der Waals surface area contributed by atoms with Crippen LogP contribution in [0.3, 0.4) is 0 Å². The van der Waals surface area contributed by atoms with E-state index < -0.39 is 17.9 Å². The Morgan fingerprint density at radius 2 is 2.10 bits per heavy atom. The third-order valence-corrected chi connectivity index (χ3v) is 3.32. The molecule has 0 aliphatic rings. The second-order valence-electron chi connectivity index (χ2n) is 4.89. The molecule has 0 saturated carbocycles. The van der Waals surface area contributed by atoms with Gasteiger partial charge in [-0.2, -0.15) is 0 Å². The van der Waals surface area contributed by atoms with Crippen molar-refractivity contribution < 1.29 is 14.7 Å². The summed E-state index contributed by atoms with van der Waals surface area (Å²) in [6, 6.07) is 2.40. The van der Waals surface area contributed by atoms with E-state index in [2.05, 4.69) is 5.32 Å². The number of carboxylic acids is 1. The number of aryl methyl sites for hydroxylation is 1. The Labute approximate surface area is 117 Å². The molecule has 0 fully saturated rings. The Bertz CT molecular complexity index is 550. The van der Waals surface area contributed by atoms with E-state index in [1.807, 2.05) is 6.92 Å². The van der Waals surface area contributed by atoms with E-state index in [9.17, 15) is 14.4 Å². The van der Waals surface area contributed by atoms with Crippen LogP contribution in [0.5, 0.6) is 0 Å². The minimum absolute atomic E-state index is 0.175. The number of pyridine rings is 1. The highest BCUT2D eigenvalue weighted by atomic mass is 16.4. The lowest BCUT2D eigenvalue weighted by atomic mass is 9.99. The maximum Gasteiger partial charge on any atom is 0.326 e. The Morgan fingerprint density at radius 3 is 2.65 bits per heavy atom. The first-order chi connectivity index (χ1) is 9.36. The second kappa shape index (κ2) is 6.88. The molecule has 1 rings (SSSR count). The van der Waals surface area contributed by atoms with Crippen LogP contribution in [0, 0.1) is 12.8 Å². The van der Waals surface area contributed by atoms with Gasteiger partial charge in [-0.25, -0.2) is 4.79 Å². The van der Waals surface area contributed by atoms with Gasteiger partial charge in [-0.1, -0.05) is 26.3 Å². The standard InChI is InChI=1S/C14H20N2O4/c1-4-9(2)12(14(19)20)15-11(17)8-16-7-5-6-10(3)13(16)18/h5-7,9,12H,4,8H2,1-3H3,(H,15,17)(H,19,20). The fourth-order valence-corrected chi connectivity index (χ4v) is 1.84. The maximum absolute atomic E-state index is 11.9. The van der Waals surface area contributed by atoms with Gasteiger partial charge >= 0.3 is 5.97 Å². The Hall–Kier alpha value is -2.11. The first-order valence-corrected chi connectivity index (χ1v) is 6.55. The fraction of sp³-hybridized carbons (Fsp3) is 0.500. The van der Waals surface area contributed by atoms with Gasteiger partial charge in [-0.05, 0) is 18.9 Å². The molecule has 6 heteroatoms. The number of carboxylic acid groups (broad SMARTS) is 1. The fourth-order valence-electron chi connectivity index (χ4n) is 1.84. The summed E-state index contributed by atoms with van der Waals surface area (Å²) in [4.78, 5) is 34.8. The zero-order valence-electron chi connectivity index (χ0n) is 11.9. The van der Waals surface area contributed by atoms with Crippen LogP contribution in [0.15, 0.2) is 23.1 Å². The van der Waals surface area contributed by atoms with Gasteiger partial charge in [0.1, 0.15) is 12.6 Å². The average Bonchev–Trinajstić information content (AvgIpc) is 2.40. The zero-order chi connectivity index (χ0) is 15.3. The number of aliphatic carboxylic acids is 1. The number of hydrogen-bond donors (Lipinski definition) is 2. The monoisotopic (exact) mass is 280 g/mol. The zero-order valence-corrected chi connectivity index (χ0v) is 11.9. The molecule has 6 nitrogen and oxygen atoms in total. The van der Waals surface area contributed by atoms with Crippen molar-refractivity contribution in [2.45, 2.75) is 39.8 Å². The van der Waals surface area contributed by atoms with Crippen molar-refractivity contribution in [2.24, 2.45) is 5.92 Å². The molecule has 2 atom stereocenters. The van der Waals surface area contributed by atoms with Crippen LogP contribution in [0.2, 0.25) is 0 Å². The Balaban J connectivity index is 2.78. The molecular formula is C14H20N2O4. The average molecular weight is 280 g/mol. The van der Waals surface area contributed by atoms with Crippen LogP contribution in [0.4, 0.5) is 0 Å². The molecule has 1 heterocycles. The molecule has 0 aliphatic heterocycles. The third kappa shape index (κ3) is 3.94. The number of nitrogens with zero attached hydrogens (tertiary/aromatic N) is 1. The van der Waals surface area contributed by atoms with Gasteiger partial charge < -0.3 is 15.0 Å². The van der Waals surface area contributed by atoms with E-state index in [1.165, 1.54) is 10.8 Å². The number of carbonyl (C=O) groups is 2. The number of amides is 1. The molecule has 110 valence electrons. The van der Waals surface area contributed by atoms with Crippen molar-refractivity contribution in [3.05, 3.63) is 34.2 Å². The Morgan fingerprint density at radius 1 is 1.45 bits per heavy atom. The van der Waals surface area contributed by atoms with Crippen molar-refractivity contribution in [3.8, 4) is 0 Å². The number of hydrogen-bond acceptors (Lipinski definition) is 3. The summed E-state index contributed by atoms with van der Waals surface area (Å²) in [6.07, 6.45) is 2.15. The van der Waals surface area contributed by atoms with Crippen LogP contribution in [0.1, 0.15) is 25.8 Å². The summed E-state index contributed by atoms with van der Waals surface area (Å²) in [6.45, 7) is 5.10. The summed E-state index contributed by atoms with van der Waals surface area (Å²) in [5.41, 5.74) is 0.287. The van der Waals surface area contributed by atoms with Crippen LogP contribution in [0.25, 0.3) is 0 Å². The lowest BCUT2D eigenvalue weighted by Crippen LogP contribution is -2.46. The molecule has 1 aromatic heterocycles. The molecule has 0 aliphatic carbocycles. The molecule has 1 amide bonds.